The van der Waals surface area contributed by atoms with Gasteiger partial charge in [-0.3, -0.25) is 14.4 Å². The number of nitrogens with zero attached hydrogens (tertiary/aromatic N) is 2. The third kappa shape index (κ3) is 6.19. The fourth-order valence-corrected chi connectivity index (χ4v) is 5.76. The number of aromatic nitrogens is 1. The fraction of sp³-hybridized carbons (Fsp3) is 0.231. The van der Waals surface area contributed by atoms with Crippen molar-refractivity contribution in [3.8, 4) is 0 Å². The number of nitrogens with one attached hydrogen (secondary N) is 2. The van der Waals surface area contributed by atoms with Crippen molar-refractivity contribution in [2.75, 3.05) is 37.4 Å². The van der Waals surface area contributed by atoms with Crippen LogP contribution < -0.4 is 10.6 Å². The van der Waals surface area contributed by atoms with E-state index < -0.39 is 0 Å². The molecule has 0 unspecified atom stereocenters. The van der Waals surface area contributed by atoms with E-state index in [1.54, 1.807) is 53.6 Å². The number of amides is 3. The van der Waals surface area contributed by atoms with Crippen molar-refractivity contribution >= 4 is 56.7 Å². The molecule has 0 spiro atoms. The van der Waals surface area contributed by atoms with Gasteiger partial charge in [0.15, 0.2) is 4.34 Å². The largest absolute Gasteiger partial charge is 0.467 e. The van der Waals surface area contributed by atoms with Gasteiger partial charge in [-0.1, -0.05) is 23.9 Å². The fourth-order valence-electron chi connectivity index (χ4n) is 3.82. The summed E-state index contributed by atoms with van der Waals surface area (Å²) >= 11 is 2.80. The van der Waals surface area contributed by atoms with Crippen LogP contribution in [-0.4, -0.2) is 59.7 Å². The number of hydrogen-bond donors (Lipinski definition) is 2. The van der Waals surface area contributed by atoms with Gasteiger partial charge in [-0.25, -0.2) is 4.98 Å². The highest BCUT2D eigenvalue weighted by atomic mass is 32.2. The zero-order valence-corrected chi connectivity index (χ0v) is 21.4. The average molecular weight is 537 g/mol. The molecule has 37 heavy (non-hydrogen) atoms. The molecule has 0 bridgehead atoms. The summed E-state index contributed by atoms with van der Waals surface area (Å²) in [5.41, 5.74) is 2.07. The van der Waals surface area contributed by atoms with Gasteiger partial charge < -0.3 is 24.7 Å². The molecule has 1 fully saturated rings. The van der Waals surface area contributed by atoms with Crippen LogP contribution in [0.1, 0.15) is 26.5 Å². The molecule has 2 aromatic heterocycles. The number of hydrogen-bond acceptors (Lipinski definition) is 8. The Kier molecular flexibility index (Phi) is 7.83. The number of thioether (sulfide) groups is 1. The number of rotatable bonds is 8. The molecule has 190 valence electrons. The smallest absolute Gasteiger partial charge is 0.256 e. The zero-order chi connectivity index (χ0) is 25.6. The second-order valence-electron chi connectivity index (χ2n) is 8.21. The van der Waals surface area contributed by atoms with Crippen molar-refractivity contribution in [1.82, 2.24) is 15.2 Å². The van der Waals surface area contributed by atoms with E-state index in [1.165, 1.54) is 23.1 Å². The normalized spacial score (nSPS) is 13.5. The van der Waals surface area contributed by atoms with Crippen molar-refractivity contribution in [3.63, 3.8) is 0 Å². The van der Waals surface area contributed by atoms with Gasteiger partial charge in [0.1, 0.15) is 5.76 Å². The molecule has 2 aromatic carbocycles. The first-order chi connectivity index (χ1) is 18.1. The van der Waals surface area contributed by atoms with Crippen LogP contribution in [0.4, 0.5) is 5.69 Å². The summed E-state index contributed by atoms with van der Waals surface area (Å²) < 4.78 is 12.2. The quantitative estimate of drug-likeness (QED) is 0.327. The minimum absolute atomic E-state index is 0.112. The van der Waals surface area contributed by atoms with Crippen LogP contribution in [0, 0.1) is 0 Å². The Morgan fingerprint density at radius 3 is 2.62 bits per heavy atom. The molecular weight excluding hydrogens is 512 g/mol. The number of carbonyl (C=O) groups is 3. The molecule has 1 aliphatic rings. The summed E-state index contributed by atoms with van der Waals surface area (Å²) in [6.07, 6.45) is 1.57. The van der Waals surface area contributed by atoms with E-state index in [4.69, 9.17) is 9.15 Å². The standard InChI is InChI=1S/C26H24N4O5S2/c31-23(27-15-18-4-3-11-35-18)16-36-26-29-21-8-7-17(14-22(21)37-26)28-24(32)19-5-1-2-6-20(19)25(33)30-9-12-34-13-10-30/h1-8,11,14H,9-10,12-13,15-16H2,(H,27,31)(H,28,32). The molecule has 0 saturated carbocycles. The van der Waals surface area contributed by atoms with E-state index in [1.807, 2.05) is 12.1 Å². The SMILES string of the molecule is O=C(CSc1nc2ccc(NC(=O)c3ccccc3C(=O)N3CCOCC3)cc2s1)NCc1ccco1. The van der Waals surface area contributed by atoms with E-state index in [0.29, 0.717) is 55.4 Å². The summed E-state index contributed by atoms with van der Waals surface area (Å²) in [6, 6.07) is 15.8. The number of thiazole rings is 1. The van der Waals surface area contributed by atoms with Gasteiger partial charge in [0, 0.05) is 18.8 Å². The highest BCUT2D eigenvalue weighted by Crippen LogP contribution is 2.31. The zero-order valence-electron chi connectivity index (χ0n) is 19.8. The number of carbonyl (C=O) groups excluding carboxylic acids is 3. The first-order valence-electron chi connectivity index (χ1n) is 11.7. The number of benzene rings is 2. The van der Waals surface area contributed by atoms with Crippen molar-refractivity contribution in [1.29, 1.82) is 0 Å². The third-order valence-electron chi connectivity index (χ3n) is 5.69. The van der Waals surface area contributed by atoms with Crippen LogP contribution in [0.2, 0.25) is 0 Å². The lowest BCUT2D eigenvalue weighted by Gasteiger charge is -2.27. The molecule has 2 N–H and O–H groups in total. The lowest BCUT2D eigenvalue weighted by Crippen LogP contribution is -2.41. The highest BCUT2D eigenvalue weighted by Gasteiger charge is 2.23. The molecule has 1 saturated heterocycles. The van der Waals surface area contributed by atoms with Gasteiger partial charge in [-0.2, -0.15) is 0 Å². The molecule has 3 amide bonds. The van der Waals surface area contributed by atoms with Crippen molar-refractivity contribution in [2.45, 2.75) is 10.9 Å². The molecule has 0 radical (unpaired) electrons. The lowest BCUT2D eigenvalue weighted by atomic mass is 10.0. The minimum atomic E-state index is -0.357. The summed E-state index contributed by atoms with van der Waals surface area (Å²) in [4.78, 5) is 44.5. The number of morpholine rings is 1. The van der Waals surface area contributed by atoms with Crippen LogP contribution in [0.25, 0.3) is 10.2 Å². The Hall–Kier alpha value is -3.67. The molecule has 4 aromatic rings. The first kappa shape index (κ1) is 25.0. The Morgan fingerprint density at radius 1 is 1.03 bits per heavy atom. The van der Waals surface area contributed by atoms with Crippen LogP contribution in [0.15, 0.2) is 69.6 Å². The van der Waals surface area contributed by atoms with Crippen molar-refractivity contribution < 1.29 is 23.5 Å². The van der Waals surface area contributed by atoms with E-state index in [9.17, 15) is 14.4 Å². The Bertz CT molecular complexity index is 1410. The van der Waals surface area contributed by atoms with Gasteiger partial charge in [0.25, 0.3) is 11.8 Å². The van der Waals surface area contributed by atoms with Crippen LogP contribution >= 0.6 is 23.1 Å². The average Bonchev–Trinajstić information content (AvgIpc) is 3.60. The molecule has 5 rings (SSSR count). The van der Waals surface area contributed by atoms with Gasteiger partial charge in [-0.05, 0) is 42.5 Å². The third-order valence-corrected chi connectivity index (χ3v) is 7.85. The molecule has 9 nitrogen and oxygen atoms in total. The maximum absolute atomic E-state index is 13.1. The summed E-state index contributed by atoms with van der Waals surface area (Å²) in [7, 11) is 0. The van der Waals surface area contributed by atoms with Crippen molar-refractivity contribution in [3.05, 3.63) is 77.7 Å². The van der Waals surface area contributed by atoms with Gasteiger partial charge in [0.2, 0.25) is 5.91 Å². The molecule has 1 aliphatic heterocycles. The molecule has 0 aliphatic carbocycles. The van der Waals surface area contributed by atoms with Gasteiger partial charge in [0.05, 0.1) is 53.1 Å². The number of anilines is 1. The monoisotopic (exact) mass is 536 g/mol. The molecule has 3 heterocycles. The Morgan fingerprint density at radius 2 is 1.84 bits per heavy atom. The second kappa shape index (κ2) is 11.6. The van der Waals surface area contributed by atoms with Crippen LogP contribution in [0.3, 0.4) is 0 Å². The predicted octanol–water partition coefficient (Wildman–Crippen LogP) is 4.02. The molecular formula is C26H24N4O5S2. The van der Waals surface area contributed by atoms with E-state index in [2.05, 4.69) is 15.6 Å². The van der Waals surface area contributed by atoms with Crippen LogP contribution in [0.5, 0.6) is 0 Å². The number of furan rings is 1. The maximum atomic E-state index is 13.1. The molecule has 0 atom stereocenters. The first-order valence-corrected chi connectivity index (χ1v) is 13.5. The highest BCUT2D eigenvalue weighted by molar-refractivity contribution is 8.01. The summed E-state index contributed by atoms with van der Waals surface area (Å²) in [5, 5.41) is 5.71. The Balaban J connectivity index is 1.22. The van der Waals surface area contributed by atoms with E-state index >= 15 is 0 Å². The summed E-state index contributed by atoms with van der Waals surface area (Å²) in [6.45, 7) is 2.33. The molecule has 11 heteroatoms. The Labute approximate surface area is 221 Å². The van der Waals surface area contributed by atoms with E-state index in [0.717, 1.165) is 14.6 Å². The predicted molar refractivity (Wildman–Crippen MR) is 142 cm³/mol. The van der Waals surface area contributed by atoms with E-state index in [-0.39, 0.29) is 23.5 Å². The second-order valence-corrected chi connectivity index (χ2v) is 10.5. The van der Waals surface area contributed by atoms with Gasteiger partial charge in [-0.15, -0.1) is 11.3 Å². The lowest BCUT2D eigenvalue weighted by molar-refractivity contribution is -0.118. The van der Waals surface area contributed by atoms with Crippen molar-refractivity contribution in [2.24, 2.45) is 0 Å². The number of fused-ring (bicyclic) bond motifs is 1. The maximum Gasteiger partial charge on any atom is 0.256 e. The van der Waals surface area contributed by atoms with Crippen LogP contribution in [-0.2, 0) is 16.1 Å². The topological polar surface area (TPSA) is 114 Å². The van der Waals surface area contributed by atoms with Gasteiger partial charge >= 0.3 is 0 Å². The minimum Gasteiger partial charge on any atom is -0.467 e. The summed E-state index contributed by atoms with van der Waals surface area (Å²) in [5.74, 6) is 0.281. The number of ether oxygens (including phenoxy) is 1.